The van der Waals surface area contributed by atoms with Gasteiger partial charge >= 0.3 is 0 Å². The van der Waals surface area contributed by atoms with E-state index < -0.39 is 35.6 Å². The van der Waals surface area contributed by atoms with E-state index in [1.54, 1.807) is 60.7 Å². The van der Waals surface area contributed by atoms with Crippen LogP contribution in [0.15, 0.2) is 97.1 Å². The summed E-state index contributed by atoms with van der Waals surface area (Å²) in [6.07, 6.45) is -1.24. The molecule has 4 aromatic rings. The highest BCUT2D eigenvalue weighted by Crippen LogP contribution is 2.41. The maximum Gasteiger partial charge on any atom is 0.260 e. The number of fused-ring (bicyclic) bond motifs is 2. The van der Waals surface area contributed by atoms with E-state index in [2.05, 4.69) is 5.32 Å². The van der Waals surface area contributed by atoms with Crippen LogP contribution in [-0.4, -0.2) is 107 Å². The van der Waals surface area contributed by atoms with Crippen molar-refractivity contribution in [3.05, 3.63) is 130 Å². The second-order valence-corrected chi connectivity index (χ2v) is 14.7. The molecule has 3 aliphatic heterocycles. The summed E-state index contributed by atoms with van der Waals surface area (Å²) in [6.45, 7) is -0.0671. The van der Waals surface area contributed by atoms with Gasteiger partial charge in [0.2, 0.25) is 11.6 Å². The Balaban J connectivity index is 0.827. The first kappa shape index (κ1) is 40.5. The largest absolute Gasteiger partial charge is 0.484 e. The minimum Gasteiger partial charge on any atom is -0.484 e. The summed E-state index contributed by atoms with van der Waals surface area (Å²) in [7, 11) is 0. The molecule has 7 N–H and O–H groups in total. The first-order valence-electron chi connectivity index (χ1n) is 19.1. The second kappa shape index (κ2) is 17.4. The third-order valence-corrected chi connectivity index (χ3v) is 10.6. The average Bonchev–Trinajstić information content (AvgIpc) is 3.76. The molecule has 15 heteroatoms. The first-order valence-corrected chi connectivity index (χ1v) is 19.1. The molecule has 3 heterocycles. The zero-order valence-corrected chi connectivity index (χ0v) is 31.9. The molecule has 0 aliphatic carbocycles. The van der Waals surface area contributed by atoms with Crippen LogP contribution >= 0.6 is 0 Å². The van der Waals surface area contributed by atoms with Crippen molar-refractivity contribution in [2.24, 2.45) is 11.5 Å². The molecule has 58 heavy (non-hydrogen) atoms. The molecule has 0 spiro atoms. The topological polar surface area (TPSA) is 216 Å². The van der Waals surface area contributed by atoms with Gasteiger partial charge in [-0.25, -0.2) is 0 Å². The van der Waals surface area contributed by atoms with Gasteiger partial charge in [-0.2, -0.15) is 0 Å². The van der Waals surface area contributed by atoms with Gasteiger partial charge in [0.25, 0.3) is 17.7 Å². The van der Waals surface area contributed by atoms with Crippen LogP contribution in [0.4, 0.5) is 0 Å². The zero-order valence-electron chi connectivity index (χ0n) is 31.9. The number of carbonyl (C=O) groups excluding carboxylic acids is 4. The van der Waals surface area contributed by atoms with E-state index in [4.69, 9.17) is 30.4 Å². The zero-order chi connectivity index (χ0) is 40.9. The number of rotatable bonds is 15. The number of amides is 3. The van der Waals surface area contributed by atoms with E-state index >= 15 is 0 Å². The lowest BCUT2D eigenvalue weighted by Crippen LogP contribution is -2.63. The molecule has 304 valence electrons. The number of ketones is 1. The van der Waals surface area contributed by atoms with Crippen molar-refractivity contribution in [3.8, 4) is 11.5 Å². The number of ether oxygens (including phenoxy) is 4. The van der Waals surface area contributed by atoms with Gasteiger partial charge < -0.3 is 55.7 Å². The minimum absolute atomic E-state index is 0.0359. The van der Waals surface area contributed by atoms with E-state index in [0.717, 1.165) is 22.3 Å². The lowest BCUT2D eigenvalue weighted by Gasteiger charge is -2.43. The lowest BCUT2D eigenvalue weighted by molar-refractivity contribution is -0.396. The van der Waals surface area contributed by atoms with Gasteiger partial charge in [0, 0.05) is 37.2 Å². The number of nitrogens with two attached hydrogens (primary N) is 2. The van der Waals surface area contributed by atoms with Crippen LogP contribution < -0.4 is 26.3 Å². The van der Waals surface area contributed by atoms with Gasteiger partial charge in [-0.3, -0.25) is 19.2 Å². The van der Waals surface area contributed by atoms with Crippen molar-refractivity contribution in [3.63, 3.8) is 0 Å². The molecule has 3 amide bonds. The summed E-state index contributed by atoms with van der Waals surface area (Å²) in [5, 5.41) is 25.6. The average molecular weight is 794 g/mol. The Kier molecular flexibility index (Phi) is 12.2. The Labute approximate surface area is 335 Å². The summed E-state index contributed by atoms with van der Waals surface area (Å²) in [5.41, 5.74) is 16.1. The second-order valence-electron chi connectivity index (χ2n) is 14.7. The normalized spacial score (nSPS) is 22.2. The van der Waals surface area contributed by atoms with Crippen molar-refractivity contribution >= 4 is 23.5 Å². The molecule has 4 atom stereocenters. The number of benzene rings is 4. The number of nitrogens with zero attached hydrogens (tertiary/aromatic N) is 2. The van der Waals surface area contributed by atoms with E-state index in [-0.39, 0.29) is 51.1 Å². The van der Waals surface area contributed by atoms with Crippen molar-refractivity contribution in [2.45, 2.75) is 56.3 Å². The Morgan fingerprint density at radius 3 is 1.53 bits per heavy atom. The number of nitrogens with one attached hydrogen (secondary N) is 1. The highest BCUT2D eigenvalue weighted by molar-refractivity contribution is 5.96. The molecule has 3 saturated heterocycles. The number of β-amino-alcohol motifs (C(OH)–C–C–N with tert-alkyl or cyclic N) is 2. The van der Waals surface area contributed by atoms with Gasteiger partial charge in [-0.1, -0.05) is 60.7 Å². The first-order chi connectivity index (χ1) is 27.9. The van der Waals surface area contributed by atoms with Gasteiger partial charge in [0.05, 0.1) is 26.2 Å². The SMILES string of the molecule is NCc1ccc(C(=O)CCc2ccc(OCC(=O)N3C[C@@H]4O[C@]5(O)CN(C(=O)COc6ccc(CNC(=O)c7ccc(CN)cc7)cc6)C[C@@H]5O[C@]4(O)C3)cc2)cc1. The molecule has 3 fully saturated rings. The highest BCUT2D eigenvalue weighted by atomic mass is 16.7. The summed E-state index contributed by atoms with van der Waals surface area (Å²) in [5.74, 6) is -3.91. The van der Waals surface area contributed by atoms with Crippen molar-refractivity contribution in [1.82, 2.24) is 15.1 Å². The Morgan fingerprint density at radius 2 is 1.07 bits per heavy atom. The standard InChI is InChI=1S/C43H47N5O10/c44-19-29-1-10-32(11-2-29)36(49)18-9-28-5-14-34(15-6-28)55-24-39(50)47-22-37-42(53,26-47)58-38-23-48(27-43(38,54)57-37)40(51)25-56-35-16-7-31(8-17-35)21-46-41(52)33-12-3-30(20-45)4-13-33/h1-8,10-17,37-38,53-54H,9,18-27,44-45H2,(H,46,52)/t37-,38-,42+,43+/m0/s1. The van der Waals surface area contributed by atoms with Gasteiger partial charge in [-0.05, 0) is 65.1 Å². The fourth-order valence-electron chi connectivity index (χ4n) is 7.16. The van der Waals surface area contributed by atoms with Gasteiger partial charge in [-0.15, -0.1) is 0 Å². The van der Waals surface area contributed by atoms with E-state index in [0.29, 0.717) is 55.1 Å². The number of carbonyl (C=O) groups is 4. The number of aliphatic hydroxyl groups is 2. The van der Waals surface area contributed by atoms with Gasteiger partial charge in [0.15, 0.2) is 19.0 Å². The molecule has 0 aromatic heterocycles. The van der Waals surface area contributed by atoms with E-state index in [1.165, 1.54) is 9.80 Å². The van der Waals surface area contributed by atoms with Gasteiger partial charge in [0.1, 0.15) is 23.7 Å². The lowest BCUT2D eigenvalue weighted by atomic mass is 10.0. The number of Topliss-reactive ketones (excluding diaryl/α,β-unsaturated/α-hetero) is 1. The maximum atomic E-state index is 13.1. The molecular formula is C43H47N5O10. The Hall–Kier alpha value is -5.68. The Morgan fingerprint density at radius 1 is 0.638 bits per heavy atom. The molecule has 4 aromatic carbocycles. The fourth-order valence-corrected chi connectivity index (χ4v) is 7.16. The molecule has 0 unspecified atom stereocenters. The van der Waals surface area contributed by atoms with Crippen LogP contribution in [0.2, 0.25) is 0 Å². The molecule has 7 rings (SSSR count). The van der Waals surface area contributed by atoms with Crippen LogP contribution in [0.1, 0.15) is 49.4 Å². The number of likely N-dealkylation sites (tertiary alicyclic amines) is 2. The van der Waals surface area contributed by atoms with Crippen molar-refractivity contribution in [2.75, 3.05) is 39.4 Å². The maximum absolute atomic E-state index is 13.1. The van der Waals surface area contributed by atoms with Crippen molar-refractivity contribution < 1.29 is 48.3 Å². The summed E-state index contributed by atoms with van der Waals surface area (Å²) in [6, 6.07) is 28.4. The number of hydrogen-bond acceptors (Lipinski definition) is 12. The number of aryl methyl sites for hydroxylation is 1. The predicted octanol–water partition coefficient (Wildman–Crippen LogP) is 1.65. The summed E-state index contributed by atoms with van der Waals surface area (Å²) in [4.78, 5) is 54.0. The molecule has 15 nitrogen and oxygen atoms in total. The fraction of sp³-hybridized carbons (Fsp3) is 0.349. The van der Waals surface area contributed by atoms with E-state index in [1.807, 2.05) is 36.4 Å². The van der Waals surface area contributed by atoms with Crippen molar-refractivity contribution in [1.29, 1.82) is 0 Å². The highest BCUT2D eigenvalue weighted by Gasteiger charge is 2.63. The summed E-state index contributed by atoms with van der Waals surface area (Å²) < 4.78 is 23.3. The molecule has 0 radical (unpaired) electrons. The summed E-state index contributed by atoms with van der Waals surface area (Å²) >= 11 is 0. The van der Waals surface area contributed by atoms with Crippen LogP contribution in [0.5, 0.6) is 11.5 Å². The Bertz CT molecular complexity index is 1950. The molecular weight excluding hydrogens is 746 g/mol. The van der Waals surface area contributed by atoms with Crippen LogP contribution in [0.25, 0.3) is 0 Å². The van der Waals surface area contributed by atoms with Crippen LogP contribution in [0, 0.1) is 0 Å². The monoisotopic (exact) mass is 793 g/mol. The van der Waals surface area contributed by atoms with Crippen LogP contribution in [0.3, 0.4) is 0 Å². The minimum atomic E-state index is -1.90. The predicted molar refractivity (Wildman–Crippen MR) is 209 cm³/mol. The third-order valence-electron chi connectivity index (χ3n) is 10.6. The molecule has 3 aliphatic rings. The van der Waals surface area contributed by atoms with E-state index in [9.17, 15) is 29.4 Å². The van der Waals surface area contributed by atoms with Crippen LogP contribution in [-0.2, 0) is 45.1 Å². The molecule has 0 saturated carbocycles. The molecule has 0 bridgehead atoms. The number of hydrogen-bond donors (Lipinski definition) is 5. The smallest absolute Gasteiger partial charge is 0.260 e. The quantitative estimate of drug-likeness (QED) is 0.109. The third kappa shape index (κ3) is 9.37.